The first-order valence-corrected chi connectivity index (χ1v) is 14.5. The zero-order chi connectivity index (χ0) is 27.8. The molecule has 6 nitrogen and oxygen atoms in total. The molecule has 0 aliphatic rings. The van der Waals surface area contributed by atoms with Gasteiger partial charge in [-0.2, -0.15) is 21.6 Å². The molecule has 1 atom stereocenters. The van der Waals surface area contributed by atoms with Crippen LogP contribution in [0.2, 0.25) is 0 Å². The van der Waals surface area contributed by atoms with Gasteiger partial charge >= 0.3 is 6.18 Å². The Bertz CT molecular complexity index is 1180. The minimum absolute atomic E-state index is 0.160. The van der Waals surface area contributed by atoms with Gasteiger partial charge in [0.05, 0.1) is 0 Å². The van der Waals surface area contributed by atoms with E-state index in [4.69, 9.17) is 0 Å². The summed E-state index contributed by atoms with van der Waals surface area (Å²) in [6.45, 7) is 0. The van der Waals surface area contributed by atoms with Gasteiger partial charge in [-0.15, -0.1) is 10.0 Å². The molecule has 0 heterocycles. The summed E-state index contributed by atoms with van der Waals surface area (Å²) >= 11 is 0. The van der Waals surface area contributed by atoms with E-state index in [1.807, 2.05) is 0 Å². The second-order valence-electron chi connectivity index (χ2n) is 9.21. The first kappa shape index (κ1) is 28.7. The van der Waals surface area contributed by atoms with Crippen molar-refractivity contribution in [1.29, 1.82) is 0 Å². The molecule has 0 saturated heterocycles. The van der Waals surface area contributed by atoms with Gasteiger partial charge in [0.25, 0.3) is 10.1 Å². The fourth-order valence-corrected chi connectivity index (χ4v) is 10.7. The Hall–Kier alpha value is -2.89. The van der Waals surface area contributed by atoms with Crippen LogP contribution in [-0.2, 0) is 10.1 Å². The van der Waals surface area contributed by atoms with E-state index in [0.717, 1.165) is 17.1 Å². The normalized spacial score (nSPS) is 13.7. The van der Waals surface area contributed by atoms with Crippen LogP contribution in [0.5, 0.6) is 0 Å². The minimum Gasteiger partial charge on any atom is -0.378 e. The Morgan fingerprint density at radius 2 is 0.838 bits per heavy atom. The van der Waals surface area contributed by atoms with Crippen molar-refractivity contribution in [1.82, 2.24) is 0 Å². The van der Waals surface area contributed by atoms with Crippen molar-refractivity contribution in [2.45, 2.75) is 25.4 Å². The van der Waals surface area contributed by atoms with Gasteiger partial charge in [-0.3, -0.25) is 4.55 Å². The minimum atomic E-state index is -5.62. The molecule has 11 heteroatoms. The van der Waals surface area contributed by atoms with Gasteiger partial charge in [0.1, 0.15) is 0 Å². The Balaban J connectivity index is 2.53. The largest absolute Gasteiger partial charge is 0.416 e. The SMILES string of the molecule is CN(C)c1ccc(S(c2ccc(N(C)C)cc2)(c2ccc(N(C)C)cc2)C(C(F)(F)F)S(=O)(=O)O)cc1. The van der Waals surface area contributed by atoms with Crippen LogP contribution < -0.4 is 14.7 Å². The fraction of sp³-hybridized carbons (Fsp3) is 0.308. The Morgan fingerprint density at radius 3 is 1.00 bits per heavy atom. The second-order valence-corrected chi connectivity index (χ2v) is 14.2. The van der Waals surface area contributed by atoms with E-state index in [2.05, 4.69) is 0 Å². The molecule has 0 aliphatic carbocycles. The Morgan fingerprint density at radius 1 is 0.595 bits per heavy atom. The molecule has 0 aliphatic heterocycles. The van der Waals surface area contributed by atoms with Crippen LogP contribution in [0.1, 0.15) is 0 Å². The molecule has 0 aromatic heterocycles. The van der Waals surface area contributed by atoms with Gasteiger partial charge in [0.15, 0.2) is 0 Å². The zero-order valence-corrected chi connectivity index (χ0v) is 23.2. The van der Waals surface area contributed by atoms with Crippen LogP contribution in [0.4, 0.5) is 30.2 Å². The van der Waals surface area contributed by atoms with Crippen molar-refractivity contribution in [2.24, 2.45) is 0 Å². The van der Waals surface area contributed by atoms with Crippen molar-refractivity contribution in [3.8, 4) is 0 Å². The first-order chi connectivity index (χ1) is 17.1. The predicted octanol–water partition coefficient (Wildman–Crippen LogP) is 5.94. The van der Waals surface area contributed by atoms with Crippen LogP contribution in [0, 0.1) is 0 Å². The van der Waals surface area contributed by atoms with Gasteiger partial charge in [0.2, 0.25) is 4.58 Å². The summed E-state index contributed by atoms with van der Waals surface area (Å²) in [6.07, 6.45) is -5.27. The Labute approximate surface area is 218 Å². The van der Waals surface area contributed by atoms with E-state index in [9.17, 15) is 26.1 Å². The topological polar surface area (TPSA) is 64.1 Å². The highest BCUT2D eigenvalue weighted by molar-refractivity contribution is 8.39. The third-order valence-corrected chi connectivity index (χ3v) is 12.4. The number of nitrogens with zero attached hydrogens (tertiary/aromatic N) is 3. The maximum atomic E-state index is 14.8. The maximum absolute atomic E-state index is 14.8. The molecule has 1 unspecified atom stereocenters. The average molecular weight is 556 g/mol. The van der Waals surface area contributed by atoms with Gasteiger partial charge in [-0.25, -0.2) is 0 Å². The number of anilines is 3. The molecular weight excluding hydrogens is 523 g/mol. The summed E-state index contributed by atoms with van der Waals surface area (Å²) in [5, 5.41) is 0. The quantitative estimate of drug-likeness (QED) is 0.347. The molecule has 3 aromatic carbocycles. The van der Waals surface area contributed by atoms with E-state index in [1.165, 1.54) is 36.4 Å². The summed E-state index contributed by atoms with van der Waals surface area (Å²) in [4.78, 5) is 5.86. The maximum Gasteiger partial charge on any atom is 0.416 e. The molecule has 3 aromatic rings. The van der Waals surface area contributed by atoms with E-state index >= 15 is 0 Å². The number of hydrogen-bond acceptors (Lipinski definition) is 5. The zero-order valence-electron chi connectivity index (χ0n) is 21.6. The van der Waals surface area contributed by atoms with Crippen LogP contribution in [-0.4, -0.2) is 66.0 Å². The lowest BCUT2D eigenvalue weighted by Gasteiger charge is -2.46. The molecule has 0 fully saturated rings. The van der Waals surface area contributed by atoms with Gasteiger partial charge in [-0.05, 0) is 87.5 Å². The summed E-state index contributed by atoms with van der Waals surface area (Å²) in [7, 11) is 1.53. The highest BCUT2D eigenvalue weighted by atomic mass is 32.3. The molecule has 0 spiro atoms. The Kier molecular flexibility index (Phi) is 8.11. The van der Waals surface area contributed by atoms with Gasteiger partial charge in [0, 0.05) is 59.3 Å². The molecule has 0 saturated carbocycles. The van der Waals surface area contributed by atoms with Crippen molar-refractivity contribution < 1.29 is 26.1 Å². The molecule has 0 bridgehead atoms. The number of benzene rings is 3. The average Bonchev–Trinajstić information content (AvgIpc) is 2.81. The molecule has 202 valence electrons. The first-order valence-electron chi connectivity index (χ1n) is 11.3. The molecule has 0 radical (unpaired) electrons. The molecule has 3 rings (SSSR count). The highest BCUT2D eigenvalue weighted by Gasteiger charge is 2.60. The van der Waals surface area contributed by atoms with Crippen molar-refractivity contribution in [3.63, 3.8) is 0 Å². The van der Waals surface area contributed by atoms with E-state index < -0.39 is 30.9 Å². The fourth-order valence-electron chi connectivity index (χ4n) is 4.21. The van der Waals surface area contributed by atoms with Gasteiger partial charge < -0.3 is 14.7 Å². The third-order valence-electron chi connectivity index (χ3n) is 6.03. The van der Waals surface area contributed by atoms with Crippen LogP contribution in [0.15, 0.2) is 87.5 Å². The predicted molar refractivity (Wildman–Crippen MR) is 146 cm³/mol. The van der Waals surface area contributed by atoms with Gasteiger partial charge in [-0.1, -0.05) is 0 Å². The van der Waals surface area contributed by atoms with Crippen LogP contribution in [0.25, 0.3) is 0 Å². The van der Waals surface area contributed by atoms with Crippen molar-refractivity contribution >= 4 is 37.2 Å². The number of alkyl halides is 3. The summed E-state index contributed by atoms with van der Waals surface area (Å²) in [6, 6.07) is 19.0. The molecule has 0 amide bonds. The number of halogens is 3. The summed E-state index contributed by atoms with van der Waals surface area (Å²) < 4.78 is 77.1. The van der Waals surface area contributed by atoms with E-state index in [0.29, 0.717) is 0 Å². The monoisotopic (exact) mass is 555 g/mol. The van der Waals surface area contributed by atoms with Crippen molar-refractivity contribution in [3.05, 3.63) is 72.8 Å². The molecular formula is C26H32F3N3O3S2. The smallest absolute Gasteiger partial charge is 0.378 e. The lowest BCUT2D eigenvalue weighted by Crippen LogP contribution is -2.41. The third kappa shape index (κ3) is 5.68. The highest BCUT2D eigenvalue weighted by Crippen LogP contribution is 2.75. The standard InChI is InChI=1S/C26H32F3N3O3S2/c1-30(2)19-7-13-22(14-8-19)36(25(26(27,28)29)37(33,34)35,23-15-9-20(10-16-23)31(3)4)24-17-11-21(12-18-24)32(5)6/h7-18,25H,1-6H3,(H,33,34,35). The summed E-state index contributed by atoms with van der Waals surface area (Å²) in [5.74, 6) is 0. The number of rotatable bonds is 8. The molecule has 37 heavy (non-hydrogen) atoms. The molecule has 1 N–H and O–H groups in total. The van der Waals surface area contributed by atoms with E-state index in [-0.39, 0.29) is 14.7 Å². The van der Waals surface area contributed by atoms with Crippen LogP contribution >= 0.6 is 10.0 Å². The summed E-state index contributed by atoms with van der Waals surface area (Å²) in [5.41, 5.74) is 2.20. The number of hydrogen-bond donors (Lipinski definition) is 1. The van der Waals surface area contributed by atoms with E-state index in [1.54, 1.807) is 93.4 Å². The lowest BCUT2D eigenvalue weighted by atomic mass is 10.3. The van der Waals surface area contributed by atoms with Crippen molar-refractivity contribution in [2.75, 3.05) is 57.0 Å². The lowest BCUT2D eigenvalue weighted by molar-refractivity contribution is -0.115. The van der Waals surface area contributed by atoms with Crippen LogP contribution in [0.3, 0.4) is 0 Å². The second kappa shape index (κ2) is 10.5.